The number of nitrogens with two attached hydrogens (primary N) is 1. The van der Waals surface area contributed by atoms with Gasteiger partial charge < -0.3 is 15.8 Å². The molecule has 0 aliphatic rings. The van der Waals surface area contributed by atoms with Crippen LogP contribution in [-0.2, 0) is 0 Å². The predicted molar refractivity (Wildman–Crippen MR) is 72.3 cm³/mol. The van der Waals surface area contributed by atoms with E-state index in [1.165, 1.54) is 0 Å². The quantitative estimate of drug-likeness (QED) is 0.849. The molecule has 7 nitrogen and oxygen atoms in total. The Hall–Kier alpha value is -2.57. The van der Waals surface area contributed by atoms with Gasteiger partial charge in [-0.25, -0.2) is 4.63 Å². The van der Waals surface area contributed by atoms with Crippen LogP contribution in [0.4, 0.5) is 5.82 Å². The maximum Gasteiger partial charge on any atom is 0.277 e. The average molecular weight is 276 g/mol. The number of rotatable bonds is 5. The van der Waals surface area contributed by atoms with Crippen molar-refractivity contribution in [3.63, 3.8) is 0 Å². The monoisotopic (exact) mass is 276 g/mol. The van der Waals surface area contributed by atoms with E-state index in [1.54, 1.807) is 0 Å². The van der Waals surface area contributed by atoms with Gasteiger partial charge in [-0.05, 0) is 36.3 Å². The number of amides is 1. The van der Waals surface area contributed by atoms with E-state index in [1.807, 2.05) is 38.1 Å². The summed E-state index contributed by atoms with van der Waals surface area (Å²) in [5.74, 6) is 0.275. The Balaban J connectivity index is 1.83. The maximum atomic E-state index is 11.8. The summed E-state index contributed by atoms with van der Waals surface area (Å²) in [5, 5.41) is 9.48. The van der Waals surface area contributed by atoms with Gasteiger partial charge in [0.25, 0.3) is 5.91 Å². The first-order valence-electron chi connectivity index (χ1n) is 6.14. The molecule has 0 saturated carbocycles. The van der Waals surface area contributed by atoms with Gasteiger partial charge in [0, 0.05) is 0 Å². The molecule has 0 bridgehead atoms. The van der Waals surface area contributed by atoms with Crippen molar-refractivity contribution in [2.75, 3.05) is 12.3 Å². The van der Waals surface area contributed by atoms with Gasteiger partial charge >= 0.3 is 0 Å². The molecule has 0 aliphatic carbocycles. The minimum atomic E-state index is -0.441. The maximum absolute atomic E-state index is 11.8. The number of carbonyl (C=O) groups excluding carboxylic acids is 1. The molecule has 1 aromatic carbocycles. The summed E-state index contributed by atoms with van der Waals surface area (Å²) in [7, 11) is 0. The molecule has 2 aromatic rings. The second kappa shape index (κ2) is 6.05. The Morgan fingerprint density at radius 2 is 2.10 bits per heavy atom. The zero-order valence-electron chi connectivity index (χ0n) is 11.3. The highest BCUT2D eigenvalue weighted by molar-refractivity contribution is 5.96. The Labute approximate surface area is 116 Å². The summed E-state index contributed by atoms with van der Waals surface area (Å²) in [6.45, 7) is 4.15. The van der Waals surface area contributed by atoms with Crippen LogP contribution < -0.4 is 15.8 Å². The summed E-state index contributed by atoms with van der Waals surface area (Å²) in [5.41, 5.74) is 6.58. The van der Waals surface area contributed by atoms with Crippen LogP contribution in [0.5, 0.6) is 5.75 Å². The van der Waals surface area contributed by atoms with Crippen molar-refractivity contribution in [1.29, 1.82) is 0 Å². The molecule has 3 N–H and O–H groups in total. The lowest BCUT2D eigenvalue weighted by Gasteiger charge is -2.14. The van der Waals surface area contributed by atoms with Crippen LogP contribution in [0.3, 0.4) is 0 Å². The van der Waals surface area contributed by atoms with E-state index in [0.717, 1.165) is 11.3 Å². The minimum Gasteiger partial charge on any atom is -0.491 e. The number of aromatic nitrogens is 2. The van der Waals surface area contributed by atoms with Crippen LogP contribution in [0.1, 0.15) is 23.0 Å². The number of ether oxygens (including phenoxy) is 1. The van der Waals surface area contributed by atoms with Crippen LogP contribution in [0.15, 0.2) is 28.9 Å². The lowest BCUT2D eigenvalue weighted by molar-refractivity contribution is 0.0917. The van der Waals surface area contributed by atoms with Crippen molar-refractivity contribution in [3.8, 4) is 5.75 Å². The molecule has 1 aromatic heterocycles. The van der Waals surface area contributed by atoms with Crippen molar-refractivity contribution in [1.82, 2.24) is 15.6 Å². The summed E-state index contributed by atoms with van der Waals surface area (Å²) < 4.78 is 9.94. The minimum absolute atomic E-state index is 0.0211. The topological polar surface area (TPSA) is 103 Å². The van der Waals surface area contributed by atoms with Crippen molar-refractivity contribution < 1.29 is 14.2 Å². The molecule has 0 fully saturated rings. The molecular weight excluding hydrogens is 260 g/mol. The molecule has 7 heteroatoms. The number of carbonyl (C=O) groups is 1. The molecule has 20 heavy (non-hydrogen) atoms. The molecule has 0 spiro atoms. The molecule has 0 saturated heterocycles. The number of nitrogens with zero attached hydrogens (tertiary/aromatic N) is 2. The van der Waals surface area contributed by atoms with Gasteiger partial charge in [0.1, 0.15) is 12.4 Å². The molecule has 1 amide bonds. The van der Waals surface area contributed by atoms with Crippen LogP contribution in [-0.4, -0.2) is 28.9 Å². The Morgan fingerprint density at radius 1 is 1.40 bits per heavy atom. The molecule has 2 rings (SSSR count). The number of anilines is 1. The van der Waals surface area contributed by atoms with E-state index in [-0.39, 0.29) is 17.6 Å². The van der Waals surface area contributed by atoms with E-state index in [2.05, 4.69) is 20.3 Å². The normalized spacial score (nSPS) is 11.9. The SMILES string of the molecule is Cc1ccc(OCC(C)NC(=O)c2nonc2N)cc1. The van der Waals surface area contributed by atoms with Gasteiger partial charge in [-0.1, -0.05) is 17.7 Å². The number of hydrogen-bond donors (Lipinski definition) is 2. The van der Waals surface area contributed by atoms with Gasteiger partial charge in [0.2, 0.25) is 11.5 Å². The van der Waals surface area contributed by atoms with Crippen molar-refractivity contribution in [2.24, 2.45) is 0 Å². The lowest BCUT2D eigenvalue weighted by Crippen LogP contribution is -2.37. The first-order valence-corrected chi connectivity index (χ1v) is 6.14. The molecule has 1 heterocycles. The van der Waals surface area contributed by atoms with Crippen LogP contribution in [0.25, 0.3) is 0 Å². The number of nitrogens with one attached hydrogen (secondary N) is 1. The van der Waals surface area contributed by atoms with Gasteiger partial charge in [-0.3, -0.25) is 4.79 Å². The zero-order valence-corrected chi connectivity index (χ0v) is 11.3. The molecule has 0 aliphatic heterocycles. The number of aryl methyl sites for hydroxylation is 1. The standard InChI is InChI=1S/C13H16N4O3/c1-8-3-5-10(6-4-8)19-7-9(2)15-13(18)11-12(14)17-20-16-11/h3-6,9H,7H2,1-2H3,(H2,14,17)(H,15,18). The molecule has 1 atom stereocenters. The summed E-state index contributed by atoms with van der Waals surface area (Å²) in [6, 6.07) is 7.47. The fraction of sp³-hybridized carbons (Fsp3) is 0.308. The third kappa shape index (κ3) is 3.47. The molecule has 1 unspecified atom stereocenters. The highest BCUT2D eigenvalue weighted by Crippen LogP contribution is 2.11. The second-order valence-corrected chi connectivity index (χ2v) is 4.50. The third-order valence-electron chi connectivity index (χ3n) is 2.63. The van der Waals surface area contributed by atoms with Gasteiger partial charge in [0.15, 0.2) is 0 Å². The van der Waals surface area contributed by atoms with Crippen molar-refractivity contribution in [3.05, 3.63) is 35.5 Å². The van der Waals surface area contributed by atoms with E-state index in [4.69, 9.17) is 10.5 Å². The Morgan fingerprint density at radius 3 is 2.70 bits per heavy atom. The van der Waals surface area contributed by atoms with Gasteiger partial charge in [-0.15, -0.1) is 0 Å². The van der Waals surface area contributed by atoms with E-state index >= 15 is 0 Å². The number of hydrogen-bond acceptors (Lipinski definition) is 6. The summed E-state index contributed by atoms with van der Waals surface area (Å²) in [4.78, 5) is 11.8. The smallest absolute Gasteiger partial charge is 0.277 e. The Kier molecular flexibility index (Phi) is 4.19. The summed E-state index contributed by atoms with van der Waals surface area (Å²) in [6.07, 6.45) is 0. The fourth-order valence-electron chi connectivity index (χ4n) is 1.54. The highest BCUT2D eigenvalue weighted by Gasteiger charge is 2.17. The molecule has 0 radical (unpaired) electrons. The molecule has 106 valence electrons. The van der Waals surface area contributed by atoms with Crippen LogP contribution in [0, 0.1) is 6.92 Å². The Bertz CT molecular complexity index is 580. The van der Waals surface area contributed by atoms with E-state index in [9.17, 15) is 4.79 Å². The van der Waals surface area contributed by atoms with E-state index in [0.29, 0.717) is 6.61 Å². The van der Waals surface area contributed by atoms with E-state index < -0.39 is 5.91 Å². The van der Waals surface area contributed by atoms with Gasteiger partial charge in [-0.2, -0.15) is 0 Å². The largest absolute Gasteiger partial charge is 0.491 e. The third-order valence-corrected chi connectivity index (χ3v) is 2.63. The average Bonchev–Trinajstić information content (AvgIpc) is 2.84. The number of nitrogen functional groups attached to an aromatic ring is 1. The first-order chi connectivity index (χ1) is 9.56. The molecular formula is C13H16N4O3. The fourth-order valence-corrected chi connectivity index (χ4v) is 1.54. The summed E-state index contributed by atoms with van der Waals surface area (Å²) >= 11 is 0. The second-order valence-electron chi connectivity index (χ2n) is 4.50. The van der Waals surface area contributed by atoms with Gasteiger partial charge in [0.05, 0.1) is 6.04 Å². The zero-order chi connectivity index (χ0) is 14.5. The predicted octanol–water partition coefficient (Wildman–Crippen LogP) is 1.16. The first kappa shape index (κ1) is 13.9. The highest BCUT2D eigenvalue weighted by atomic mass is 16.6. The lowest BCUT2D eigenvalue weighted by atomic mass is 10.2. The van der Waals surface area contributed by atoms with Crippen molar-refractivity contribution in [2.45, 2.75) is 19.9 Å². The number of benzene rings is 1. The van der Waals surface area contributed by atoms with Crippen molar-refractivity contribution >= 4 is 11.7 Å². The van der Waals surface area contributed by atoms with Crippen LogP contribution >= 0.6 is 0 Å². The van der Waals surface area contributed by atoms with Crippen LogP contribution in [0.2, 0.25) is 0 Å².